The van der Waals surface area contributed by atoms with Gasteiger partial charge in [-0.15, -0.1) is 25.3 Å². The number of aromatic amines is 1. The number of carboxylic acids is 1. The number of ether oxygens (including phenoxy) is 1. The van der Waals surface area contributed by atoms with E-state index in [9.17, 15) is 23.1 Å². The van der Waals surface area contributed by atoms with Crippen molar-refractivity contribution >= 4 is 42.3 Å². The summed E-state index contributed by atoms with van der Waals surface area (Å²) in [5, 5.41) is 9.38. The smallest absolute Gasteiger partial charge is 0.416 e. The van der Waals surface area contributed by atoms with Crippen molar-refractivity contribution < 1.29 is 44.8 Å². The number of carboxylic acid groups (broad SMARTS) is 1. The van der Waals surface area contributed by atoms with E-state index < -0.39 is 21.8 Å². The number of hydrogen-bond acceptors (Lipinski definition) is 5. The second kappa shape index (κ2) is 8.56. The summed E-state index contributed by atoms with van der Waals surface area (Å²) in [4.78, 5) is 18.7. The predicted octanol–water partition coefficient (Wildman–Crippen LogP) is 0.362. The van der Waals surface area contributed by atoms with Gasteiger partial charge >= 0.3 is 18.1 Å². The molecule has 2 heterocycles. The molecule has 6 nitrogen and oxygen atoms in total. The number of fused-ring (bicyclic) bond motifs is 1. The molecule has 0 fully saturated rings. The largest absolute Gasteiger partial charge is 1.00 e. The molecule has 1 aromatic carbocycles. The van der Waals surface area contributed by atoms with E-state index in [0.29, 0.717) is 22.5 Å². The molecule has 2 N–H and O–H groups in total. The second-order valence-corrected chi connectivity index (χ2v) is 8.29. The summed E-state index contributed by atoms with van der Waals surface area (Å²) in [6.45, 7) is 1.73. The number of H-pyrrole nitrogens is 1. The van der Waals surface area contributed by atoms with Gasteiger partial charge in [0.25, 0.3) is 0 Å². The number of benzene rings is 1. The highest BCUT2D eigenvalue weighted by Gasteiger charge is 2.35. The van der Waals surface area contributed by atoms with Crippen molar-refractivity contribution in [2.45, 2.75) is 23.6 Å². The molecule has 0 radical (unpaired) electrons. The van der Waals surface area contributed by atoms with Crippen LogP contribution in [0.2, 0.25) is 0 Å². The number of nitrogens with one attached hydrogen (secondary N) is 1. The van der Waals surface area contributed by atoms with Crippen LogP contribution in [-0.4, -0.2) is 32.2 Å². The average Bonchev–Trinajstić information content (AvgIpc) is 3.05. The lowest BCUT2D eigenvalue weighted by atomic mass is 10.1. The minimum absolute atomic E-state index is 0. The van der Waals surface area contributed by atoms with Crippen molar-refractivity contribution in [1.82, 2.24) is 9.97 Å². The number of rotatable bonds is 5. The molecule has 12 heteroatoms. The lowest BCUT2D eigenvalue weighted by molar-refractivity contribution is -0.612. The molecule has 0 aliphatic rings. The maximum atomic E-state index is 13.0. The number of aliphatic carboxylic acids is 1. The molecule has 0 saturated carbocycles. The van der Waals surface area contributed by atoms with Crippen molar-refractivity contribution in [1.29, 1.82) is 0 Å². The topological polar surface area (TPSA) is 79.1 Å². The molecule has 0 spiro atoms. The van der Waals surface area contributed by atoms with Crippen LogP contribution in [0.3, 0.4) is 0 Å². The van der Waals surface area contributed by atoms with E-state index in [2.05, 4.69) is 35.2 Å². The van der Waals surface area contributed by atoms with E-state index in [0.717, 1.165) is 12.1 Å². The summed E-state index contributed by atoms with van der Waals surface area (Å²) in [6.07, 6.45) is -3.01. The van der Waals surface area contributed by atoms with Gasteiger partial charge in [-0.3, -0.25) is 0 Å². The van der Waals surface area contributed by atoms with Gasteiger partial charge in [-0.25, -0.2) is 14.3 Å². The molecule has 3 rings (SSSR count). The van der Waals surface area contributed by atoms with E-state index in [1.54, 1.807) is 23.8 Å². The third kappa shape index (κ3) is 4.62. The van der Waals surface area contributed by atoms with Gasteiger partial charge in [-0.05, 0) is 25.1 Å². The van der Waals surface area contributed by atoms with E-state index >= 15 is 0 Å². The summed E-state index contributed by atoms with van der Waals surface area (Å²) < 4.78 is 44.1. The SMILES string of the molecule is COc1cc[n+](-c2nc3cc(C(F)(F)F)ccc3[nH]2)c(CC(S)(S)C(=O)O)c1C.[Cl-]. The minimum Gasteiger partial charge on any atom is -1.00 e. The van der Waals surface area contributed by atoms with Gasteiger partial charge in [0, 0.05) is 18.1 Å². The van der Waals surface area contributed by atoms with Crippen molar-refractivity contribution in [2.75, 3.05) is 7.11 Å². The number of pyridine rings is 1. The van der Waals surface area contributed by atoms with Gasteiger partial charge in [-0.1, -0.05) is 4.98 Å². The van der Waals surface area contributed by atoms with Crippen LogP contribution in [0.1, 0.15) is 16.8 Å². The lowest BCUT2D eigenvalue weighted by Gasteiger charge is -2.20. The Morgan fingerprint density at radius 2 is 1.97 bits per heavy atom. The first-order valence-corrected chi connectivity index (χ1v) is 9.17. The number of carbonyl (C=O) groups is 1. The normalized spacial score (nSPS) is 12.0. The highest BCUT2D eigenvalue weighted by molar-refractivity contribution is 8.01. The van der Waals surface area contributed by atoms with Gasteiger partial charge in [0.1, 0.15) is 11.3 Å². The fourth-order valence-electron chi connectivity index (χ4n) is 2.91. The molecule has 3 aromatic rings. The number of methoxy groups -OCH3 is 1. The monoisotopic (exact) mass is 479 g/mol. The Balaban J connectivity index is 0.00000320. The lowest BCUT2D eigenvalue weighted by Crippen LogP contribution is -3.00. The quantitative estimate of drug-likeness (QED) is 0.242. The van der Waals surface area contributed by atoms with Crippen LogP contribution in [-0.2, 0) is 17.4 Å². The highest BCUT2D eigenvalue weighted by Crippen LogP contribution is 2.32. The summed E-state index contributed by atoms with van der Waals surface area (Å²) in [7, 11) is 1.47. The number of halogens is 4. The van der Waals surface area contributed by atoms with Crippen molar-refractivity contribution in [2.24, 2.45) is 0 Å². The molecule has 162 valence electrons. The van der Waals surface area contributed by atoms with Gasteiger partial charge in [0.2, 0.25) is 0 Å². The zero-order chi connectivity index (χ0) is 21.6. The number of imidazole rings is 1. The van der Waals surface area contributed by atoms with Crippen LogP contribution in [0.15, 0.2) is 30.5 Å². The first kappa shape index (κ1) is 24.2. The summed E-state index contributed by atoms with van der Waals surface area (Å²) in [5.41, 5.74) is 0.825. The molecule has 30 heavy (non-hydrogen) atoms. The molecule has 0 bridgehead atoms. The van der Waals surface area contributed by atoms with Crippen LogP contribution in [0, 0.1) is 6.92 Å². The molecular formula is C18H17ClF3N3O3S2. The zero-order valence-corrected chi connectivity index (χ0v) is 18.2. The maximum Gasteiger partial charge on any atom is 0.416 e. The zero-order valence-electron chi connectivity index (χ0n) is 15.7. The van der Waals surface area contributed by atoms with Crippen LogP contribution in [0.4, 0.5) is 13.2 Å². The minimum atomic E-state index is -4.48. The van der Waals surface area contributed by atoms with Crippen LogP contribution in [0.5, 0.6) is 5.75 Å². The Bertz CT molecular complexity index is 1100. The Kier molecular flexibility index (Phi) is 6.89. The number of aromatic nitrogens is 3. The van der Waals surface area contributed by atoms with E-state index in [1.807, 2.05) is 0 Å². The third-order valence-electron chi connectivity index (χ3n) is 4.47. The first-order chi connectivity index (χ1) is 13.4. The Hall–Kier alpha value is -2.11. The number of thiol groups is 2. The highest BCUT2D eigenvalue weighted by atomic mass is 35.5. The Morgan fingerprint density at radius 3 is 2.53 bits per heavy atom. The predicted molar refractivity (Wildman–Crippen MR) is 106 cm³/mol. The fourth-order valence-corrected chi connectivity index (χ4v) is 3.21. The fraction of sp³-hybridized carbons (Fsp3) is 0.278. The summed E-state index contributed by atoms with van der Waals surface area (Å²) in [5.74, 6) is -0.505. The second-order valence-electron chi connectivity index (χ2n) is 6.41. The molecular weight excluding hydrogens is 463 g/mol. The number of nitrogens with zero attached hydrogens (tertiary/aromatic N) is 2. The van der Waals surface area contributed by atoms with Gasteiger partial charge in [0.05, 0.1) is 24.6 Å². The molecule has 0 aliphatic carbocycles. The summed E-state index contributed by atoms with van der Waals surface area (Å²) in [6, 6.07) is 4.85. The molecule has 0 saturated heterocycles. The number of alkyl halides is 3. The van der Waals surface area contributed by atoms with Gasteiger partial charge < -0.3 is 22.3 Å². The first-order valence-electron chi connectivity index (χ1n) is 8.27. The van der Waals surface area contributed by atoms with Gasteiger partial charge in [0.15, 0.2) is 9.60 Å². The Morgan fingerprint density at radius 1 is 1.30 bits per heavy atom. The third-order valence-corrected chi connectivity index (χ3v) is 5.17. The molecule has 0 amide bonds. The average molecular weight is 480 g/mol. The van der Waals surface area contributed by atoms with Gasteiger partial charge in [-0.2, -0.15) is 13.2 Å². The molecule has 0 atom stereocenters. The molecule has 0 aliphatic heterocycles. The number of hydrogen-bond donors (Lipinski definition) is 4. The molecule has 2 aromatic heterocycles. The van der Waals surface area contributed by atoms with Crippen molar-refractivity contribution in [3.05, 3.63) is 47.3 Å². The standard InChI is InChI=1S/C18H16F3N3O3S2.ClH/c1-9-13(8-17(28,29)15(25)26)24(6-5-14(9)27-2)16-22-11-4-3-10(18(19,20)21)7-12(11)23-16;/h3-7H,8H2,1-2H3,(H3-,22,23,25,26,28,29);1H. The maximum absolute atomic E-state index is 13.0. The van der Waals surface area contributed by atoms with Crippen LogP contribution < -0.4 is 21.7 Å². The van der Waals surface area contributed by atoms with Crippen LogP contribution >= 0.6 is 25.3 Å². The van der Waals surface area contributed by atoms with E-state index in [1.165, 1.54) is 13.2 Å². The van der Waals surface area contributed by atoms with Crippen molar-refractivity contribution in [3.8, 4) is 11.7 Å². The van der Waals surface area contributed by atoms with Crippen LogP contribution in [0.25, 0.3) is 17.0 Å². The van der Waals surface area contributed by atoms with E-state index in [-0.39, 0.29) is 30.3 Å². The Labute approximate surface area is 186 Å². The van der Waals surface area contributed by atoms with Crippen molar-refractivity contribution in [3.63, 3.8) is 0 Å². The summed E-state index contributed by atoms with van der Waals surface area (Å²) >= 11 is 8.23. The van der Waals surface area contributed by atoms with E-state index in [4.69, 9.17) is 4.74 Å². The molecule has 0 unspecified atom stereocenters.